The lowest BCUT2D eigenvalue weighted by molar-refractivity contribution is 0.0951. The number of anilines is 2. The van der Waals surface area contributed by atoms with E-state index in [0.29, 0.717) is 19.0 Å². The predicted molar refractivity (Wildman–Crippen MR) is 125 cm³/mol. The Kier molecular flexibility index (Phi) is 6.47. The molecule has 1 aliphatic heterocycles. The number of thiocarbonyl (C=S) groups is 1. The zero-order valence-electron chi connectivity index (χ0n) is 16.1. The van der Waals surface area contributed by atoms with E-state index in [1.54, 1.807) is 12.1 Å². The first-order valence-corrected chi connectivity index (χ1v) is 10.7. The molecule has 2 heterocycles. The number of ether oxygens (including phenoxy) is 1. The maximum Gasteiger partial charge on any atom is 0.293 e. The van der Waals surface area contributed by atoms with E-state index < -0.39 is 5.91 Å². The molecule has 0 radical (unpaired) electrons. The Morgan fingerprint density at radius 1 is 1.00 bits per heavy atom. The number of benzene rings is 2. The van der Waals surface area contributed by atoms with E-state index in [4.69, 9.17) is 21.4 Å². The monoisotopic (exact) mass is 485 g/mol. The van der Waals surface area contributed by atoms with Gasteiger partial charge in [0.1, 0.15) is 5.76 Å². The molecule has 154 valence electrons. The van der Waals surface area contributed by atoms with Crippen LogP contribution in [-0.4, -0.2) is 37.3 Å². The van der Waals surface area contributed by atoms with Crippen LogP contribution in [0.15, 0.2) is 69.6 Å². The van der Waals surface area contributed by atoms with Crippen LogP contribution in [0.1, 0.15) is 10.6 Å². The van der Waals surface area contributed by atoms with Crippen molar-refractivity contribution < 1.29 is 13.9 Å². The molecule has 0 atom stereocenters. The highest BCUT2D eigenvalue weighted by molar-refractivity contribution is 9.10. The lowest BCUT2D eigenvalue weighted by Crippen LogP contribution is -2.38. The Hall–Kier alpha value is -2.68. The molecule has 0 saturated carbocycles. The van der Waals surface area contributed by atoms with Crippen molar-refractivity contribution in [2.24, 2.45) is 0 Å². The Labute approximate surface area is 188 Å². The zero-order valence-corrected chi connectivity index (χ0v) is 18.5. The van der Waals surface area contributed by atoms with Crippen LogP contribution in [-0.2, 0) is 4.74 Å². The minimum Gasteiger partial charge on any atom is -0.451 e. The molecule has 0 bridgehead atoms. The summed E-state index contributed by atoms with van der Waals surface area (Å²) in [7, 11) is 0. The number of furan rings is 1. The number of nitrogens with zero attached hydrogens (tertiary/aromatic N) is 1. The third-order valence-electron chi connectivity index (χ3n) is 4.69. The molecule has 3 aromatic rings. The molecule has 2 aromatic carbocycles. The summed E-state index contributed by atoms with van der Waals surface area (Å²) in [4.78, 5) is 14.8. The molecule has 1 aliphatic rings. The third-order valence-corrected chi connectivity index (χ3v) is 5.42. The van der Waals surface area contributed by atoms with Gasteiger partial charge in [0, 0.05) is 23.1 Å². The molecule has 4 rings (SSSR count). The van der Waals surface area contributed by atoms with Crippen molar-refractivity contribution in [1.29, 1.82) is 0 Å². The van der Waals surface area contributed by atoms with Crippen molar-refractivity contribution in [3.8, 4) is 11.3 Å². The number of hydrogen-bond acceptors (Lipinski definition) is 5. The fourth-order valence-electron chi connectivity index (χ4n) is 3.21. The average Bonchev–Trinajstić information content (AvgIpc) is 3.26. The number of para-hydroxylation sites is 2. The molecule has 6 nitrogen and oxygen atoms in total. The summed E-state index contributed by atoms with van der Waals surface area (Å²) >= 11 is 8.76. The summed E-state index contributed by atoms with van der Waals surface area (Å²) in [6, 6.07) is 18.9. The van der Waals surface area contributed by atoms with Gasteiger partial charge in [-0.15, -0.1) is 0 Å². The van der Waals surface area contributed by atoms with Gasteiger partial charge < -0.3 is 19.4 Å². The number of halogens is 1. The van der Waals surface area contributed by atoms with Gasteiger partial charge in [-0.1, -0.05) is 40.2 Å². The number of morpholine rings is 1. The summed E-state index contributed by atoms with van der Waals surface area (Å²) in [6.45, 7) is 3.00. The van der Waals surface area contributed by atoms with Gasteiger partial charge in [-0.3, -0.25) is 10.1 Å². The van der Waals surface area contributed by atoms with Crippen LogP contribution in [0, 0.1) is 0 Å². The molecule has 0 spiro atoms. The molecule has 0 unspecified atom stereocenters. The first-order valence-electron chi connectivity index (χ1n) is 9.50. The van der Waals surface area contributed by atoms with Gasteiger partial charge in [0.2, 0.25) is 0 Å². The van der Waals surface area contributed by atoms with Gasteiger partial charge in [0.25, 0.3) is 5.91 Å². The highest BCUT2D eigenvalue weighted by Gasteiger charge is 2.17. The molecule has 0 aliphatic carbocycles. The molecule has 1 fully saturated rings. The first-order chi connectivity index (χ1) is 14.6. The maximum absolute atomic E-state index is 12.6. The van der Waals surface area contributed by atoms with E-state index in [2.05, 4.69) is 31.5 Å². The summed E-state index contributed by atoms with van der Waals surface area (Å²) in [6.07, 6.45) is 0. The van der Waals surface area contributed by atoms with E-state index >= 15 is 0 Å². The number of nitrogens with one attached hydrogen (secondary N) is 2. The zero-order chi connectivity index (χ0) is 20.9. The van der Waals surface area contributed by atoms with Gasteiger partial charge in [0.15, 0.2) is 10.9 Å². The minimum atomic E-state index is -0.403. The van der Waals surface area contributed by atoms with E-state index in [1.165, 1.54) is 0 Å². The van der Waals surface area contributed by atoms with Gasteiger partial charge >= 0.3 is 0 Å². The quantitative estimate of drug-likeness (QED) is 0.523. The SMILES string of the molecule is O=C(NC(=S)Nc1ccccc1N1CCOCC1)c1ccc(-c2ccc(Br)cc2)o1. The van der Waals surface area contributed by atoms with Crippen LogP contribution < -0.4 is 15.5 Å². The van der Waals surface area contributed by atoms with Crippen molar-refractivity contribution in [3.63, 3.8) is 0 Å². The molecule has 30 heavy (non-hydrogen) atoms. The number of hydrogen-bond donors (Lipinski definition) is 2. The third kappa shape index (κ3) is 4.89. The van der Waals surface area contributed by atoms with Gasteiger partial charge in [0.05, 0.1) is 24.6 Å². The predicted octanol–water partition coefficient (Wildman–Crippen LogP) is 4.67. The second-order valence-corrected chi connectivity index (χ2v) is 8.02. The maximum atomic E-state index is 12.6. The van der Waals surface area contributed by atoms with E-state index in [-0.39, 0.29) is 10.9 Å². The Morgan fingerprint density at radius 2 is 1.73 bits per heavy atom. The van der Waals surface area contributed by atoms with Crippen molar-refractivity contribution in [1.82, 2.24) is 5.32 Å². The first kappa shape index (κ1) is 20.6. The van der Waals surface area contributed by atoms with Crippen LogP contribution in [0.5, 0.6) is 0 Å². The Balaban J connectivity index is 1.41. The van der Waals surface area contributed by atoms with Crippen LogP contribution >= 0.6 is 28.1 Å². The molecule has 1 saturated heterocycles. The van der Waals surface area contributed by atoms with Crippen LogP contribution in [0.25, 0.3) is 11.3 Å². The molecule has 2 N–H and O–H groups in total. The van der Waals surface area contributed by atoms with Crippen molar-refractivity contribution >= 4 is 50.5 Å². The molecule has 1 amide bonds. The van der Waals surface area contributed by atoms with Gasteiger partial charge in [-0.05, 0) is 48.6 Å². The van der Waals surface area contributed by atoms with Crippen LogP contribution in [0.2, 0.25) is 0 Å². The standard InChI is InChI=1S/C22H20BrN3O3S/c23-16-7-5-15(6-8-16)19-9-10-20(29-19)21(27)25-22(30)24-17-3-1-2-4-18(17)26-11-13-28-14-12-26/h1-10H,11-14H2,(H2,24,25,27,30). The van der Waals surface area contributed by atoms with Crippen molar-refractivity contribution in [3.05, 3.63) is 70.9 Å². The summed E-state index contributed by atoms with van der Waals surface area (Å²) in [5.41, 5.74) is 2.74. The highest BCUT2D eigenvalue weighted by Crippen LogP contribution is 2.27. The Morgan fingerprint density at radius 3 is 2.50 bits per heavy atom. The topological polar surface area (TPSA) is 66.7 Å². The van der Waals surface area contributed by atoms with E-state index in [1.807, 2.05) is 48.5 Å². The lowest BCUT2D eigenvalue weighted by atomic mass is 10.2. The highest BCUT2D eigenvalue weighted by atomic mass is 79.9. The van der Waals surface area contributed by atoms with Crippen molar-refractivity contribution in [2.45, 2.75) is 0 Å². The molecule has 8 heteroatoms. The number of amides is 1. The van der Waals surface area contributed by atoms with Gasteiger partial charge in [-0.25, -0.2) is 0 Å². The van der Waals surface area contributed by atoms with Gasteiger partial charge in [-0.2, -0.15) is 0 Å². The van der Waals surface area contributed by atoms with Crippen molar-refractivity contribution in [2.75, 3.05) is 36.5 Å². The van der Waals surface area contributed by atoms with E-state index in [0.717, 1.165) is 34.5 Å². The second kappa shape index (κ2) is 9.42. The molecular formula is C22H20BrN3O3S. The fourth-order valence-corrected chi connectivity index (χ4v) is 3.67. The average molecular weight is 486 g/mol. The fraction of sp³-hybridized carbons (Fsp3) is 0.182. The summed E-state index contributed by atoms with van der Waals surface area (Å²) in [5, 5.41) is 6.02. The van der Waals surface area contributed by atoms with E-state index in [9.17, 15) is 4.79 Å². The molecular weight excluding hydrogens is 466 g/mol. The largest absolute Gasteiger partial charge is 0.451 e. The minimum absolute atomic E-state index is 0.193. The normalized spacial score (nSPS) is 13.7. The smallest absolute Gasteiger partial charge is 0.293 e. The number of rotatable bonds is 4. The second-order valence-electron chi connectivity index (χ2n) is 6.70. The van der Waals surface area contributed by atoms with Crippen LogP contribution in [0.3, 0.4) is 0 Å². The molecule has 1 aromatic heterocycles. The summed E-state index contributed by atoms with van der Waals surface area (Å²) in [5.74, 6) is 0.405. The lowest BCUT2D eigenvalue weighted by Gasteiger charge is -2.30. The number of carbonyl (C=O) groups is 1. The van der Waals surface area contributed by atoms with Crippen LogP contribution in [0.4, 0.5) is 11.4 Å². The Bertz CT molecular complexity index is 1050. The summed E-state index contributed by atoms with van der Waals surface area (Å²) < 4.78 is 12.1. The number of carbonyl (C=O) groups excluding carboxylic acids is 1.